The Hall–Kier alpha value is -1.10. The number of hydrogen-bond acceptors (Lipinski definition) is 12. The molecule has 1 fully saturated rings. The van der Waals surface area contributed by atoms with Gasteiger partial charge < -0.3 is 40.1 Å². The summed E-state index contributed by atoms with van der Waals surface area (Å²) in [5.41, 5.74) is 6.30. The Morgan fingerprint density at radius 3 is 2.58 bits per heavy atom. The molecule has 31 heavy (non-hydrogen) atoms. The third-order valence-electron chi connectivity index (χ3n) is 3.80. The van der Waals surface area contributed by atoms with Crippen molar-refractivity contribution in [1.82, 2.24) is 19.5 Å². The van der Waals surface area contributed by atoms with Crippen LogP contribution in [0, 0.1) is 4.64 Å². The second kappa shape index (κ2) is 8.68. The number of aliphatic hydroxyl groups is 1. The number of fused-ring (bicyclic) bond motifs is 1. The molecule has 5 unspecified atom stereocenters. The van der Waals surface area contributed by atoms with E-state index in [0.717, 1.165) is 0 Å². The molecule has 8 N–H and O–H groups in total. The molecule has 1 saturated heterocycles. The van der Waals surface area contributed by atoms with Crippen LogP contribution in [0.15, 0.2) is 6.33 Å². The Morgan fingerprint density at radius 1 is 1.26 bits per heavy atom. The van der Waals surface area contributed by atoms with Gasteiger partial charge in [0.15, 0.2) is 10.6 Å². The van der Waals surface area contributed by atoms with Crippen molar-refractivity contribution >= 4 is 52.8 Å². The van der Waals surface area contributed by atoms with Crippen LogP contribution in [-0.4, -0.2) is 63.0 Å². The van der Waals surface area contributed by atoms with Crippen LogP contribution in [0.2, 0.25) is 0 Å². The minimum absolute atomic E-state index is 0.0152. The number of nitrogens with one attached hydrogen (secondary N) is 1. The minimum Gasteiger partial charge on any atom is -0.390 e. The highest BCUT2D eigenvalue weighted by molar-refractivity contribution is 7.71. The van der Waals surface area contributed by atoms with E-state index in [-0.39, 0.29) is 17.0 Å². The first-order valence-electron chi connectivity index (χ1n) is 8.00. The van der Waals surface area contributed by atoms with E-state index in [0.29, 0.717) is 11.2 Å². The summed E-state index contributed by atoms with van der Waals surface area (Å²) in [6.07, 6.45) is -1.91. The predicted molar refractivity (Wildman–Crippen MR) is 101 cm³/mol. The van der Waals surface area contributed by atoms with Crippen molar-refractivity contribution in [2.75, 3.05) is 12.3 Å². The summed E-state index contributed by atoms with van der Waals surface area (Å²) in [5, 5.41) is 10.2. The highest BCUT2D eigenvalue weighted by Gasteiger charge is 2.43. The molecule has 0 bridgehead atoms. The molecule has 0 aromatic carbocycles. The van der Waals surface area contributed by atoms with Gasteiger partial charge in [-0.3, -0.25) is 9.09 Å². The summed E-state index contributed by atoms with van der Waals surface area (Å²) in [6.45, 7) is -0.798. The molecule has 17 nitrogen and oxygen atoms in total. The van der Waals surface area contributed by atoms with Gasteiger partial charge >= 0.3 is 23.5 Å². The zero-order valence-electron chi connectivity index (χ0n) is 15.0. The van der Waals surface area contributed by atoms with Gasteiger partial charge in [-0.1, -0.05) is 12.2 Å². The summed E-state index contributed by atoms with van der Waals surface area (Å²) >= 11 is 5.06. The second-order valence-electron chi connectivity index (χ2n) is 6.10. The third kappa shape index (κ3) is 6.24. The lowest BCUT2D eigenvalue weighted by atomic mass is 10.2. The number of phosphoric ester groups is 1. The van der Waals surface area contributed by atoms with E-state index in [1.165, 1.54) is 10.9 Å². The first kappa shape index (κ1) is 24.5. The first-order chi connectivity index (χ1) is 14.2. The lowest BCUT2D eigenvalue weighted by Gasteiger charge is -2.19. The van der Waals surface area contributed by atoms with Crippen LogP contribution in [0.4, 0.5) is 5.95 Å². The van der Waals surface area contributed by atoms with E-state index in [9.17, 15) is 23.7 Å². The van der Waals surface area contributed by atoms with Crippen LogP contribution in [0.1, 0.15) is 12.6 Å². The number of aromatic amines is 1. The molecule has 0 aliphatic carbocycles. The lowest BCUT2D eigenvalue weighted by molar-refractivity contribution is -0.0423. The highest BCUT2D eigenvalue weighted by atomic mass is 32.1. The van der Waals surface area contributed by atoms with Crippen LogP contribution < -0.4 is 5.73 Å². The largest absolute Gasteiger partial charge is 0.490 e. The standard InChI is InChI=1S/C10H16N5O12P3S/c11-10-13-8-7(9(31)14-10)12-3-15(8)6-1-4(16)5(25-6)2-24-29(20,21)27-30(22,23)26-28(17,18)19/h3-6,16H,1-2H2,(H,20,21)(H,22,23)(H2,17,18,19)(H3,11,13,14,31). The normalized spacial score (nSPS) is 26.0. The molecular weight excluding hydrogens is 507 g/mol. The number of anilines is 1. The lowest BCUT2D eigenvalue weighted by Crippen LogP contribution is -2.26. The molecule has 3 heterocycles. The monoisotopic (exact) mass is 523 g/mol. The number of ether oxygens (including phenoxy) is 1. The summed E-state index contributed by atoms with van der Waals surface area (Å²) in [5.74, 6) is 0.0157. The summed E-state index contributed by atoms with van der Waals surface area (Å²) in [6, 6.07) is 0. The molecule has 0 spiro atoms. The van der Waals surface area contributed by atoms with Gasteiger partial charge in [-0.2, -0.15) is 8.62 Å². The maximum absolute atomic E-state index is 11.8. The molecule has 21 heteroatoms. The Bertz CT molecular complexity index is 1180. The number of nitrogens with zero attached hydrogens (tertiary/aromatic N) is 3. The third-order valence-corrected chi connectivity index (χ3v) is 7.88. The molecule has 2 aromatic heterocycles. The fourth-order valence-electron chi connectivity index (χ4n) is 2.68. The molecule has 0 saturated carbocycles. The van der Waals surface area contributed by atoms with Gasteiger partial charge in [0, 0.05) is 6.42 Å². The average Bonchev–Trinajstić information content (AvgIpc) is 3.13. The first-order valence-corrected chi connectivity index (χ1v) is 12.9. The maximum Gasteiger partial charge on any atom is 0.490 e. The topological polar surface area (TPSA) is 262 Å². The summed E-state index contributed by atoms with van der Waals surface area (Å²) in [7, 11) is -16.5. The van der Waals surface area contributed by atoms with E-state index < -0.39 is 48.5 Å². The van der Waals surface area contributed by atoms with E-state index in [1.807, 2.05) is 0 Å². The van der Waals surface area contributed by atoms with E-state index >= 15 is 0 Å². The smallest absolute Gasteiger partial charge is 0.390 e. The van der Waals surface area contributed by atoms with Gasteiger partial charge in [-0.25, -0.2) is 23.7 Å². The predicted octanol–water partition coefficient (Wildman–Crippen LogP) is 0.0628. The highest BCUT2D eigenvalue weighted by Crippen LogP contribution is 2.66. The van der Waals surface area contributed by atoms with Crippen molar-refractivity contribution in [3.05, 3.63) is 11.0 Å². The van der Waals surface area contributed by atoms with Gasteiger partial charge in [0.1, 0.15) is 23.5 Å². The Labute approximate surface area is 177 Å². The Kier molecular flexibility index (Phi) is 6.87. The average molecular weight is 523 g/mol. The number of nitrogen functional groups attached to an aromatic ring is 1. The summed E-state index contributed by atoms with van der Waals surface area (Å²) < 4.78 is 52.6. The molecule has 174 valence electrons. The number of aliphatic hydroxyl groups excluding tert-OH is 1. The van der Waals surface area contributed by atoms with Gasteiger partial charge in [0.25, 0.3) is 0 Å². The molecule has 1 aliphatic heterocycles. The van der Waals surface area contributed by atoms with Crippen molar-refractivity contribution in [1.29, 1.82) is 0 Å². The summed E-state index contributed by atoms with van der Waals surface area (Å²) in [4.78, 5) is 46.3. The molecular formula is C10H16N5O12P3S. The number of nitrogens with two attached hydrogens (primary N) is 1. The number of H-pyrrole nitrogens is 1. The van der Waals surface area contributed by atoms with Gasteiger partial charge in [0.05, 0.1) is 19.0 Å². The minimum atomic E-state index is -5.65. The second-order valence-corrected chi connectivity index (χ2v) is 10.9. The van der Waals surface area contributed by atoms with Crippen molar-refractivity contribution < 1.29 is 56.3 Å². The van der Waals surface area contributed by atoms with E-state index in [1.54, 1.807) is 0 Å². The van der Waals surface area contributed by atoms with Crippen molar-refractivity contribution in [2.24, 2.45) is 0 Å². The number of aromatic nitrogens is 4. The number of imidazole rings is 1. The zero-order chi connectivity index (χ0) is 23.2. The van der Waals surface area contributed by atoms with Crippen LogP contribution >= 0.6 is 35.7 Å². The Balaban J connectivity index is 1.67. The SMILES string of the molecule is Nc1nc(=S)c2ncn(C3CC(O)C(COP(=O)(O)OP(=O)(O)OP(=O)(O)O)O3)c2[nH]1. The molecule has 5 atom stereocenters. The molecule has 3 rings (SSSR count). The van der Waals surface area contributed by atoms with E-state index in [2.05, 4.69) is 28.1 Å². The number of hydrogen-bond donors (Lipinski definition) is 7. The molecule has 1 aliphatic rings. The van der Waals surface area contributed by atoms with Gasteiger partial charge in [0.2, 0.25) is 0 Å². The fourth-order valence-corrected chi connectivity index (χ4v) is 5.96. The maximum atomic E-state index is 11.8. The Morgan fingerprint density at radius 2 is 1.94 bits per heavy atom. The van der Waals surface area contributed by atoms with Crippen molar-refractivity contribution in [2.45, 2.75) is 24.9 Å². The van der Waals surface area contributed by atoms with Gasteiger partial charge in [-0.05, 0) is 0 Å². The molecule has 2 aromatic rings. The van der Waals surface area contributed by atoms with Crippen LogP contribution in [0.25, 0.3) is 11.2 Å². The van der Waals surface area contributed by atoms with Crippen LogP contribution in [0.5, 0.6) is 0 Å². The van der Waals surface area contributed by atoms with Crippen LogP contribution in [-0.2, 0) is 31.6 Å². The van der Waals surface area contributed by atoms with Crippen LogP contribution in [0.3, 0.4) is 0 Å². The fraction of sp³-hybridized carbons (Fsp3) is 0.500. The molecule has 0 amide bonds. The van der Waals surface area contributed by atoms with Crippen molar-refractivity contribution in [3.8, 4) is 0 Å². The van der Waals surface area contributed by atoms with Crippen molar-refractivity contribution in [3.63, 3.8) is 0 Å². The molecule has 0 radical (unpaired) electrons. The van der Waals surface area contributed by atoms with Gasteiger partial charge in [-0.15, -0.1) is 0 Å². The zero-order valence-corrected chi connectivity index (χ0v) is 18.5. The quantitative estimate of drug-likeness (QED) is 0.178. The van der Waals surface area contributed by atoms with E-state index in [4.69, 9.17) is 37.4 Å². The number of rotatable bonds is 8. The number of phosphoric acid groups is 3.